The minimum atomic E-state index is -0.0749. The van der Waals surface area contributed by atoms with E-state index in [0.29, 0.717) is 18.3 Å². The van der Waals surface area contributed by atoms with E-state index in [4.69, 9.17) is 0 Å². The summed E-state index contributed by atoms with van der Waals surface area (Å²) in [6.07, 6.45) is 9.30. The summed E-state index contributed by atoms with van der Waals surface area (Å²) in [5, 5.41) is 6.22. The lowest BCUT2D eigenvalue weighted by Crippen LogP contribution is -2.36. The number of amides is 1. The highest BCUT2D eigenvalue weighted by Crippen LogP contribution is 2.18. The van der Waals surface area contributed by atoms with Crippen LogP contribution in [0.3, 0.4) is 0 Å². The molecule has 1 aromatic heterocycles. The molecule has 2 N–H and O–H groups in total. The van der Waals surface area contributed by atoms with E-state index < -0.39 is 0 Å². The summed E-state index contributed by atoms with van der Waals surface area (Å²) in [6, 6.07) is 3.94. The average Bonchev–Trinajstić information content (AvgIpc) is 2.46. The molecule has 1 amide bonds. The maximum absolute atomic E-state index is 12.1. The summed E-state index contributed by atoms with van der Waals surface area (Å²) in [7, 11) is 0. The van der Waals surface area contributed by atoms with Crippen LogP contribution in [-0.2, 0) is 0 Å². The topological polar surface area (TPSA) is 54.0 Å². The lowest BCUT2D eigenvalue weighted by atomic mass is 9.95. The van der Waals surface area contributed by atoms with Crippen molar-refractivity contribution in [3.05, 3.63) is 36.7 Å². The largest absolute Gasteiger partial charge is 0.381 e. The number of hydrogen-bond donors (Lipinski definition) is 2. The number of pyridine rings is 1. The first-order chi connectivity index (χ1) is 9.29. The molecule has 0 bridgehead atoms. The average molecular weight is 259 g/mol. The van der Waals surface area contributed by atoms with Crippen LogP contribution in [0.5, 0.6) is 0 Å². The fourth-order valence-electron chi connectivity index (χ4n) is 2.36. The maximum atomic E-state index is 12.1. The molecule has 102 valence electrons. The van der Waals surface area contributed by atoms with E-state index in [1.165, 1.54) is 19.3 Å². The Balaban J connectivity index is 1.95. The van der Waals surface area contributed by atoms with E-state index in [-0.39, 0.29) is 5.91 Å². The second-order valence-electron chi connectivity index (χ2n) is 4.91. The van der Waals surface area contributed by atoms with Crippen LogP contribution in [0, 0.1) is 0 Å². The van der Waals surface area contributed by atoms with E-state index in [1.54, 1.807) is 18.3 Å². The third kappa shape index (κ3) is 4.09. The van der Waals surface area contributed by atoms with Gasteiger partial charge in [0.2, 0.25) is 0 Å². The van der Waals surface area contributed by atoms with Crippen molar-refractivity contribution in [3.63, 3.8) is 0 Å². The van der Waals surface area contributed by atoms with Crippen LogP contribution in [0.1, 0.15) is 42.6 Å². The predicted octanol–water partition coefficient (Wildman–Crippen LogP) is 2.74. The molecule has 0 aliphatic heterocycles. The number of carbonyl (C=O) groups is 1. The molecule has 0 spiro atoms. The van der Waals surface area contributed by atoms with Crippen LogP contribution in [0.15, 0.2) is 31.0 Å². The van der Waals surface area contributed by atoms with Crippen molar-refractivity contribution in [3.8, 4) is 0 Å². The van der Waals surface area contributed by atoms with Gasteiger partial charge in [0.25, 0.3) is 5.91 Å². The van der Waals surface area contributed by atoms with Gasteiger partial charge in [-0.25, -0.2) is 0 Å². The molecular weight excluding hydrogens is 238 g/mol. The van der Waals surface area contributed by atoms with Crippen LogP contribution >= 0.6 is 0 Å². The zero-order valence-electron chi connectivity index (χ0n) is 11.2. The summed E-state index contributed by atoms with van der Waals surface area (Å²) in [5.74, 6) is -0.0749. The summed E-state index contributed by atoms with van der Waals surface area (Å²) >= 11 is 0. The van der Waals surface area contributed by atoms with Crippen molar-refractivity contribution in [1.29, 1.82) is 0 Å². The summed E-state index contributed by atoms with van der Waals surface area (Å²) in [6.45, 7) is 4.33. The molecule has 1 fully saturated rings. The van der Waals surface area contributed by atoms with Gasteiger partial charge in [0.05, 0.1) is 0 Å². The molecule has 2 rings (SSSR count). The Bertz CT molecular complexity index is 439. The van der Waals surface area contributed by atoms with Crippen LogP contribution in [0.4, 0.5) is 5.69 Å². The second kappa shape index (κ2) is 6.92. The Kier molecular flexibility index (Phi) is 4.95. The number of nitrogens with zero attached hydrogens (tertiary/aromatic N) is 1. The first-order valence-corrected chi connectivity index (χ1v) is 6.91. The Morgan fingerprint density at radius 3 is 2.95 bits per heavy atom. The van der Waals surface area contributed by atoms with Crippen molar-refractivity contribution < 1.29 is 4.79 Å². The van der Waals surface area contributed by atoms with Gasteiger partial charge in [-0.3, -0.25) is 9.78 Å². The highest BCUT2D eigenvalue weighted by molar-refractivity contribution is 5.93. The quantitative estimate of drug-likeness (QED) is 0.799. The van der Waals surface area contributed by atoms with E-state index in [2.05, 4.69) is 22.2 Å². The minimum absolute atomic E-state index is 0.0749. The predicted molar refractivity (Wildman–Crippen MR) is 77.3 cm³/mol. The Morgan fingerprint density at radius 1 is 1.42 bits per heavy atom. The standard InChI is InChI=1S/C15H21N3O/c1-2-9-16-13-8-10-17-14(11-13)15(19)18-12-6-4-3-5-7-12/h2,8,10-12H,1,3-7,9H2,(H,16,17)(H,18,19). The van der Waals surface area contributed by atoms with E-state index in [0.717, 1.165) is 18.5 Å². The van der Waals surface area contributed by atoms with Crippen molar-refractivity contribution in [2.75, 3.05) is 11.9 Å². The lowest BCUT2D eigenvalue weighted by molar-refractivity contribution is 0.0922. The van der Waals surface area contributed by atoms with E-state index in [1.807, 2.05) is 6.07 Å². The number of rotatable bonds is 5. The monoisotopic (exact) mass is 259 g/mol. The van der Waals surface area contributed by atoms with Crippen molar-refractivity contribution in [1.82, 2.24) is 10.3 Å². The number of nitrogens with one attached hydrogen (secondary N) is 2. The lowest BCUT2D eigenvalue weighted by Gasteiger charge is -2.22. The van der Waals surface area contributed by atoms with Crippen LogP contribution in [-0.4, -0.2) is 23.5 Å². The van der Waals surface area contributed by atoms with Crippen molar-refractivity contribution >= 4 is 11.6 Å². The van der Waals surface area contributed by atoms with Crippen LogP contribution in [0.2, 0.25) is 0 Å². The molecule has 19 heavy (non-hydrogen) atoms. The summed E-state index contributed by atoms with van der Waals surface area (Å²) in [4.78, 5) is 16.3. The zero-order chi connectivity index (χ0) is 13.5. The van der Waals surface area contributed by atoms with Gasteiger partial charge in [-0.15, -0.1) is 6.58 Å². The van der Waals surface area contributed by atoms with Crippen LogP contribution in [0.25, 0.3) is 0 Å². The molecule has 0 aromatic carbocycles. The molecule has 0 saturated heterocycles. The number of carbonyl (C=O) groups excluding carboxylic acids is 1. The first-order valence-electron chi connectivity index (χ1n) is 6.91. The highest BCUT2D eigenvalue weighted by atomic mass is 16.1. The summed E-state index contributed by atoms with van der Waals surface area (Å²) in [5.41, 5.74) is 1.36. The Hall–Kier alpha value is -1.84. The number of anilines is 1. The molecule has 1 aliphatic carbocycles. The normalized spacial score (nSPS) is 15.8. The molecule has 0 atom stereocenters. The van der Waals surface area contributed by atoms with Gasteiger partial charge in [-0.2, -0.15) is 0 Å². The molecule has 1 heterocycles. The van der Waals surface area contributed by atoms with Gasteiger partial charge in [0, 0.05) is 24.5 Å². The van der Waals surface area contributed by atoms with E-state index in [9.17, 15) is 4.79 Å². The molecule has 4 heteroatoms. The first kappa shape index (κ1) is 13.6. The fraction of sp³-hybridized carbons (Fsp3) is 0.467. The Morgan fingerprint density at radius 2 is 2.21 bits per heavy atom. The van der Waals surface area contributed by atoms with Crippen LogP contribution < -0.4 is 10.6 Å². The molecular formula is C15H21N3O. The maximum Gasteiger partial charge on any atom is 0.270 e. The molecule has 1 saturated carbocycles. The molecule has 1 aliphatic rings. The molecule has 0 radical (unpaired) electrons. The van der Waals surface area contributed by atoms with Gasteiger partial charge in [0.15, 0.2) is 0 Å². The third-order valence-electron chi connectivity index (χ3n) is 3.38. The van der Waals surface area contributed by atoms with Gasteiger partial charge in [-0.05, 0) is 25.0 Å². The van der Waals surface area contributed by atoms with Gasteiger partial charge < -0.3 is 10.6 Å². The van der Waals surface area contributed by atoms with Gasteiger partial charge >= 0.3 is 0 Å². The van der Waals surface area contributed by atoms with Gasteiger partial charge in [-0.1, -0.05) is 25.3 Å². The highest BCUT2D eigenvalue weighted by Gasteiger charge is 2.17. The Labute approximate surface area is 114 Å². The molecule has 4 nitrogen and oxygen atoms in total. The molecule has 1 aromatic rings. The van der Waals surface area contributed by atoms with Crippen molar-refractivity contribution in [2.45, 2.75) is 38.1 Å². The third-order valence-corrected chi connectivity index (χ3v) is 3.38. The summed E-state index contributed by atoms with van der Waals surface area (Å²) < 4.78 is 0. The molecule has 0 unspecified atom stereocenters. The smallest absolute Gasteiger partial charge is 0.270 e. The number of aromatic nitrogens is 1. The number of hydrogen-bond acceptors (Lipinski definition) is 3. The second-order valence-corrected chi connectivity index (χ2v) is 4.91. The minimum Gasteiger partial charge on any atom is -0.381 e. The fourth-order valence-corrected chi connectivity index (χ4v) is 2.36. The van der Waals surface area contributed by atoms with E-state index >= 15 is 0 Å². The zero-order valence-corrected chi connectivity index (χ0v) is 11.2. The SMILES string of the molecule is C=CCNc1ccnc(C(=O)NC2CCCCC2)c1. The van der Waals surface area contributed by atoms with Gasteiger partial charge in [0.1, 0.15) is 5.69 Å². The van der Waals surface area contributed by atoms with Crippen molar-refractivity contribution in [2.24, 2.45) is 0 Å².